The number of carbonyl (C=O) groups is 3. The van der Waals surface area contributed by atoms with E-state index in [0.29, 0.717) is 12.8 Å². The van der Waals surface area contributed by atoms with Gasteiger partial charge in [0.2, 0.25) is 5.91 Å². The molecule has 1 heterocycles. The van der Waals surface area contributed by atoms with Gasteiger partial charge in [0.05, 0.1) is 5.92 Å². The molecule has 1 fully saturated rings. The number of nitrogens with two attached hydrogens (primary N) is 1. The molecule has 6 nitrogen and oxygen atoms in total. The van der Waals surface area contributed by atoms with Crippen LogP contribution >= 0.6 is 0 Å². The summed E-state index contributed by atoms with van der Waals surface area (Å²) in [6, 6.07) is 0. The lowest BCUT2D eigenvalue weighted by atomic mass is 9.62. The van der Waals surface area contributed by atoms with E-state index in [1.165, 1.54) is 77.0 Å². The van der Waals surface area contributed by atoms with E-state index in [9.17, 15) is 19.5 Å². The number of hydrogen-bond acceptors (Lipinski definition) is 4. The average Bonchev–Trinajstić information content (AvgIpc) is 2.84. The Kier molecular flexibility index (Phi) is 16.8. The number of rotatable bonds is 24. The minimum Gasteiger partial charge on any atom is -0.480 e. The Morgan fingerprint density at radius 1 is 0.838 bits per heavy atom. The molecule has 1 saturated heterocycles. The highest BCUT2D eigenvalue weighted by Gasteiger charge is 2.55. The lowest BCUT2D eigenvalue weighted by molar-refractivity contribution is -0.190. The van der Waals surface area contributed by atoms with Gasteiger partial charge in [-0.3, -0.25) is 14.4 Å². The molecule has 0 aliphatic carbocycles. The Bertz CT molecular complexity index is 648. The zero-order valence-corrected chi connectivity index (χ0v) is 24.4. The van der Waals surface area contributed by atoms with Gasteiger partial charge in [-0.2, -0.15) is 0 Å². The van der Waals surface area contributed by atoms with Crippen LogP contribution in [0, 0.1) is 23.2 Å². The molecule has 216 valence electrons. The largest absolute Gasteiger partial charge is 0.480 e. The topological polar surface area (TPSA) is 107 Å². The van der Waals surface area contributed by atoms with Crippen molar-refractivity contribution in [2.45, 2.75) is 156 Å². The molecule has 0 radical (unpaired) electrons. The molecule has 6 heteroatoms. The highest BCUT2D eigenvalue weighted by atomic mass is 16.6. The van der Waals surface area contributed by atoms with Gasteiger partial charge in [-0.25, -0.2) is 0 Å². The number of carboxylic acid groups (broad SMARTS) is 1. The Balaban J connectivity index is 2.44. The van der Waals surface area contributed by atoms with Crippen molar-refractivity contribution in [3.63, 3.8) is 0 Å². The van der Waals surface area contributed by atoms with Crippen molar-refractivity contribution in [2.24, 2.45) is 28.9 Å². The van der Waals surface area contributed by atoms with Crippen molar-refractivity contribution in [3.8, 4) is 0 Å². The highest BCUT2D eigenvalue weighted by Crippen LogP contribution is 2.45. The lowest BCUT2D eigenvalue weighted by Gasteiger charge is -2.43. The van der Waals surface area contributed by atoms with Crippen molar-refractivity contribution in [1.29, 1.82) is 0 Å². The molecule has 0 saturated carbocycles. The maximum atomic E-state index is 12.6. The Hall–Kier alpha value is -1.59. The Morgan fingerprint density at radius 2 is 1.30 bits per heavy atom. The normalized spacial score (nSPS) is 19.8. The molecule has 0 aromatic rings. The third-order valence-electron chi connectivity index (χ3n) is 8.61. The van der Waals surface area contributed by atoms with Gasteiger partial charge in [0.15, 0.2) is 5.41 Å². The zero-order chi connectivity index (χ0) is 27.7. The average molecular weight is 524 g/mol. The third kappa shape index (κ3) is 10.6. The van der Waals surface area contributed by atoms with Gasteiger partial charge in [0, 0.05) is 0 Å². The van der Waals surface area contributed by atoms with Gasteiger partial charge in [0.25, 0.3) is 0 Å². The van der Waals surface area contributed by atoms with Gasteiger partial charge in [-0.15, -0.1) is 0 Å². The summed E-state index contributed by atoms with van der Waals surface area (Å²) in [5, 5.41) is 10.2. The van der Waals surface area contributed by atoms with Crippen LogP contribution in [-0.4, -0.2) is 29.1 Å². The molecule has 1 rings (SSSR count). The van der Waals surface area contributed by atoms with Gasteiger partial charge in [-0.05, 0) is 31.1 Å². The van der Waals surface area contributed by atoms with Crippen LogP contribution in [0.2, 0.25) is 0 Å². The number of cyclic esters (lactones) is 1. The van der Waals surface area contributed by atoms with Crippen LogP contribution in [0.5, 0.6) is 0 Å². The van der Waals surface area contributed by atoms with Crippen LogP contribution in [-0.2, 0) is 19.1 Å². The summed E-state index contributed by atoms with van der Waals surface area (Å²) >= 11 is 0. The fourth-order valence-corrected chi connectivity index (χ4v) is 6.28. The van der Waals surface area contributed by atoms with Gasteiger partial charge >= 0.3 is 11.9 Å². The van der Waals surface area contributed by atoms with Crippen LogP contribution in [0.1, 0.15) is 150 Å². The number of esters is 1. The summed E-state index contributed by atoms with van der Waals surface area (Å²) in [5.41, 5.74) is 4.11. The van der Waals surface area contributed by atoms with Gasteiger partial charge in [0.1, 0.15) is 6.10 Å². The summed E-state index contributed by atoms with van der Waals surface area (Å²) in [7, 11) is 0. The van der Waals surface area contributed by atoms with Gasteiger partial charge in [-0.1, -0.05) is 130 Å². The first-order valence-electron chi connectivity index (χ1n) is 15.5. The monoisotopic (exact) mass is 523 g/mol. The molecule has 3 N–H and O–H groups in total. The summed E-state index contributed by atoms with van der Waals surface area (Å²) in [5.74, 6) is -3.22. The maximum Gasteiger partial charge on any atom is 0.319 e. The second-order valence-corrected chi connectivity index (χ2v) is 11.7. The van der Waals surface area contributed by atoms with Crippen LogP contribution in [0.4, 0.5) is 0 Å². The van der Waals surface area contributed by atoms with Crippen molar-refractivity contribution in [1.82, 2.24) is 0 Å². The molecule has 0 aromatic carbocycles. The van der Waals surface area contributed by atoms with Crippen molar-refractivity contribution >= 4 is 17.8 Å². The summed E-state index contributed by atoms with van der Waals surface area (Å²) < 4.78 is 5.41. The fraction of sp³-hybridized carbons (Fsp3) is 0.903. The third-order valence-corrected chi connectivity index (χ3v) is 8.61. The number of amides is 1. The first kappa shape index (κ1) is 33.4. The molecular weight excluding hydrogens is 466 g/mol. The van der Waals surface area contributed by atoms with E-state index >= 15 is 0 Å². The lowest BCUT2D eigenvalue weighted by Crippen LogP contribution is -2.56. The quantitative estimate of drug-likeness (QED) is 0.0762. The molecule has 1 aliphatic rings. The number of aliphatic carboxylic acids is 1. The zero-order valence-electron chi connectivity index (χ0n) is 24.4. The summed E-state index contributed by atoms with van der Waals surface area (Å²) in [4.78, 5) is 37.0. The molecule has 1 amide bonds. The predicted octanol–water partition coefficient (Wildman–Crippen LogP) is 7.81. The molecule has 0 spiro atoms. The fourth-order valence-electron chi connectivity index (χ4n) is 6.28. The minimum absolute atomic E-state index is 0.194. The standard InChI is InChI=1S/C31H57NO5/c1-5-7-8-9-10-11-12-13-14-15-16-17-18-19-20-22-25(23-27-26(21-6-2)28(33)37-27)31(24(3)4,29(32)34)30(35)36/h24-27H,5-23H2,1-4H3,(H2,32,34)(H,35,36)/t25-,26+,27+,31-/m0/s1. The molecule has 37 heavy (non-hydrogen) atoms. The van der Waals surface area contributed by atoms with Crippen molar-refractivity contribution in [2.75, 3.05) is 0 Å². The van der Waals surface area contributed by atoms with E-state index in [1.54, 1.807) is 13.8 Å². The number of carbonyl (C=O) groups excluding carboxylic acids is 2. The van der Waals surface area contributed by atoms with Crippen molar-refractivity contribution < 1.29 is 24.2 Å². The second-order valence-electron chi connectivity index (χ2n) is 11.7. The van der Waals surface area contributed by atoms with E-state index in [0.717, 1.165) is 32.1 Å². The second kappa shape index (κ2) is 18.6. The number of unbranched alkanes of at least 4 members (excludes halogenated alkanes) is 14. The van der Waals surface area contributed by atoms with Crippen LogP contribution in [0.25, 0.3) is 0 Å². The SMILES string of the molecule is CCCCCCCCCCCCCCCCC[C@@H](C[C@H]1OC(=O)[C@@H]1CCC)[C@@](C(N)=O)(C(=O)O)C(C)C. The van der Waals surface area contributed by atoms with Crippen LogP contribution < -0.4 is 5.73 Å². The number of primary amides is 1. The molecule has 4 atom stereocenters. The summed E-state index contributed by atoms with van der Waals surface area (Å²) in [6.07, 6.45) is 21.3. The minimum atomic E-state index is -1.64. The first-order chi connectivity index (χ1) is 17.7. The predicted molar refractivity (Wildman–Crippen MR) is 150 cm³/mol. The van der Waals surface area contributed by atoms with Crippen molar-refractivity contribution in [3.05, 3.63) is 0 Å². The maximum absolute atomic E-state index is 12.6. The number of carboxylic acids is 1. The smallest absolute Gasteiger partial charge is 0.319 e. The Labute approximate surface area is 226 Å². The first-order valence-corrected chi connectivity index (χ1v) is 15.5. The number of ether oxygens (including phenoxy) is 1. The molecular formula is C31H57NO5. The van der Waals surface area contributed by atoms with E-state index in [1.807, 2.05) is 6.92 Å². The van der Waals surface area contributed by atoms with E-state index in [-0.39, 0.29) is 18.0 Å². The van der Waals surface area contributed by atoms with E-state index in [2.05, 4.69) is 6.92 Å². The molecule has 0 unspecified atom stereocenters. The molecule has 1 aliphatic heterocycles. The van der Waals surface area contributed by atoms with E-state index < -0.39 is 29.1 Å². The number of hydrogen-bond donors (Lipinski definition) is 2. The van der Waals surface area contributed by atoms with Crippen LogP contribution in [0.3, 0.4) is 0 Å². The molecule has 0 aromatic heterocycles. The van der Waals surface area contributed by atoms with E-state index in [4.69, 9.17) is 10.5 Å². The molecule has 0 bridgehead atoms. The van der Waals surface area contributed by atoms with Gasteiger partial charge < -0.3 is 15.6 Å². The van der Waals surface area contributed by atoms with Crippen LogP contribution in [0.15, 0.2) is 0 Å². The summed E-state index contributed by atoms with van der Waals surface area (Å²) in [6.45, 7) is 7.80. The Morgan fingerprint density at radius 3 is 1.65 bits per heavy atom. The highest BCUT2D eigenvalue weighted by molar-refractivity contribution is 6.01.